The minimum absolute atomic E-state index is 0.152. The summed E-state index contributed by atoms with van der Waals surface area (Å²) >= 11 is 0. The summed E-state index contributed by atoms with van der Waals surface area (Å²) < 4.78 is 5.28. The molecule has 0 aliphatic carbocycles. The third kappa shape index (κ3) is 1.84. The lowest BCUT2D eigenvalue weighted by Gasteiger charge is -2.21. The van der Waals surface area contributed by atoms with Gasteiger partial charge in [-0.2, -0.15) is 0 Å². The summed E-state index contributed by atoms with van der Waals surface area (Å²) in [4.78, 5) is 13.0. The molecule has 74 valence electrons. The molecule has 2 aliphatic rings. The Balaban J connectivity index is 1.86. The van der Waals surface area contributed by atoms with Gasteiger partial charge in [0.05, 0.1) is 12.5 Å². The third-order valence-electron chi connectivity index (χ3n) is 2.99. The van der Waals surface area contributed by atoms with E-state index < -0.39 is 5.97 Å². The predicted octanol–water partition coefficient (Wildman–Crippen LogP) is 0.182. The van der Waals surface area contributed by atoms with Crippen molar-refractivity contribution >= 4 is 5.97 Å². The van der Waals surface area contributed by atoms with Crippen molar-refractivity contribution in [3.8, 4) is 0 Å². The summed E-state index contributed by atoms with van der Waals surface area (Å²) in [7, 11) is 0. The Kier molecular flexibility index (Phi) is 2.51. The van der Waals surface area contributed by atoms with Crippen molar-refractivity contribution in [1.29, 1.82) is 0 Å². The van der Waals surface area contributed by atoms with Gasteiger partial charge in [-0.05, 0) is 19.4 Å². The zero-order valence-corrected chi connectivity index (χ0v) is 7.61. The number of nitrogens with zero attached hydrogens (tertiary/aromatic N) is 1. The molecule has 1 N–H and O–H groups in total. The van der Waals surface area contributed by atoms with E-state index in [0.717, 1.165) is 32.6 Å². The van der Waals surface area contributed by atoms with Crippen molar-refractivity contribution in [3.63, 3.8) is 0 Å². The van der Waals surface area contributed by atoms with Gasteiger partial charge >= 0.3 is 5.97 Å². The van der Waals surface area contributed by atoms with Crippen LogP contribution in [0.1, 0.15) is 12.8 Å². The van der Waals surface area contributed by atoms with Crippen LogP contribution in [0.5, 0.6) is 0 Å². The van der Waals surface area contributed by atoms with E-state index >= 15 is 0 Å². The highest BCUT2D eigenvalue weighted by Crippen LogP contribution is 2.22. The topological polar surface area (TPSA) is 49.8 Å². The first-order chi connectivity index (χ1) is 6.27. The smallest absolute Gasteiger partial charge is 0.307 e. The van der Waals surface area contributed by atoms with Crippen molar-refractivity contribution in [2.24, 2.45) is 5.92 Å². The van der Waals surface area contributed by atoms with Gasteiger partial charge in [0, 0.05) is 19.2 Å². The first-order valence-electron chi connectivity index (χ1n) is 4.82. The first-order valence-corrected chi connectivity index (χ1v) is 4.82. The van der Waals surface area contributed by atoms with Crippen LogP contribution in [-0.2, 0) is 9.53 Å². The molecule has 4 heteroatoms. The van der Waals surface area contributed by atoms with E-state index in [2.05, 4.69) is 4.90 Å². The number of hydrogen-bond acceptors (Lipinski definition) is 3. The summed E-state index contributed by atoms with van der Waals surface area (Å²) in [6.45, 7) is 3.25. The SMILES string of the molecule is O=C(O)C1CCN(C2CCOC2)C1. The van der Waals surface area contributed by atoms with E-state index in [9.17, 15) is 4.79 Å². The van der Waals surface area contributed by atoms with E-state index in [1.54, 1.807) is 0 Å². The molecule has 2 atom stereocenters. The van der Waals surface area contributed by atoms with Crippen molar-refractivity contribution in [1.82, 2.24) is 4.90 Å². The van der Waals surface area contributed by atoms with Gasteiger partial charge in [-0.3, -0.25) is 9.69 Å². The molecule has 0 saturated carbocycles. The van der Waals surface area contributed by atoms with Crippen molar-refractivity contribution in [3.05, 3.63) is 0 Å². The summed E-state index contributed by atoms with van der Waals surface area (Å²) in [6, 6.07) is 0.476. The fraction of sp³-hybridized carbons (Fsp3) is 0.889. The quantitative estimate of drug-likeness (QED) is 0.667. The lowest BCUT2D eigenvalue weighted by Crippen LogP contribution is -2.34. The molecule has 2 aliphatic heterocycles. The number of carboxylic acids is 1. The number of aliphatic carboxylic acids is 1. The molecular weight excluding hydrogens is 170 g/mol. The Labute approximate surface area is 77.5 Å². The Bertz CT molecular complexity index is 201. The molecule has 2 unspecified atom stereocenters. The average Bonchev–Trinajstić information content (AvgIpc) is 2.75. The molecule has 0 aromatic carbocycles. The van der Waals surface area contributed by atoms with Crippen LogP contribution < -0.4 is 0 Å². The maximum Gasteiger partial charge on any atom is 0.307 e. The van der Waals surface area contributed by atoms with Crippen LogP contribution in [0.4, 0.5) is 0 Å². The molecule has 2 rings (SSSR count). The summed E-state index contributed by atoms with van der Waals surface area (Å²) in [6.07, 6.45) is 1.86. The minimum atomic E-state index is -0.651. The molecule has 0 radical (unpaired) electrons. The highest BCUT2D eigenvalue weighted by Gasteiger charge is 2.33. The van der Waals surface area contributed by atoms with Gasteiger partial charge in [-0.15, -0.1) is 0 Å². The monoisotopic (exact) mass is 185 g/mol. The molecule has 2 saturated heterocycles. The fourth-order valence-corrected chi connectivity index (χ4v) is 2.13. The standard InChI is InChI=1S/C9H15NO3/c11-9(12)7-1-3-10(5-7)8-2-4-13-6-8/h7-8H,1-6H2,(H,11,12). The third-order valence-corrected chi connectivity index (χ3v) is 2.99. The van der Waals surface area contributed by atoms with Crippen molar-refractivity contribution < 1.29 is 14.6 Å². The maximum absolute atomic E-state index is 10.7. The summed E-state index contributed by atoms with van der Waals surface area (Å²) in [5.74, 6) is -0.804. The highest BCUT2D eigenvalue weighted by atomic mass is 16.5. The number of carbonyl (C=O) groups is 1. The van der Waals surface area contributed by atoms with Crippen LogP contribution in [-0.4, -0.2) is 48.3 Å². The van der Waals surface area contributed by atoms with Gasteiger partial charge < -0.3 is 9.84 Å². The molecular formula is C9H15NO3. The number of carboxylic acid groups (broad SMARTS) is 1. The van der Waals surface area contributed by atoms with Crippen LogP contribution >= 0.6 is 0 Å². The molecule has 2 heterocycles. The Morgan fingerprint density at radius 1 is 1.46 bits per heavy atom. The van der Waals surface area contributed by atoms with E-state index in [1.165, 1.54) is 0 Å². The molecule has 13 heavy (non-hydrogen) atoms. The molecule has 4 nitrogen and oxygen atoms in total. The van der Waals surface area contributed by atoms with Gasteiger partial charge in [0.25, 0.3) is 0 Å². The summed E-state index contributed by atoms with van der Waals surface area (Å²) in [5.41, 5.74) is 0. The molecule has 0 bridgehead atoms. The molecule has 0 amide bonds. The first kappa shape index (κ1) is 8.97. The van der Waals surface area contributed by atoms with E-state index in [1.807, 2.05) is 0 Å². The highest BCUT2D eigenvalue weighted by molar-refractivity contribution is 5.70. The number of ether oxygens (including phenoxy) is 1. The Hall–Kier alpha value is -0.610. The summed E-state index contributed by atoms with van der Waals surface area (Å²) in [5, 5.41) is 8.82. The minimum Gasteiger partial charge on any atom is -0.481 e. The van der Waals surface area contributed by atoms with Crippen LogP contribution in [0, 0.1) is 5.92 Å². The molecule has 0 aromatic heterocycles. The van der Waals surface area contributed by atoms with Gasteiger partial charge in [-0.1, -0.05) is 0 Å². The number of rotatable bonds is 2. The Morgan fingerprint density at radius 2 is 2.31 bits per heavy atom. The second-order valence-corrected chi connectivity index (χ2v) is 3.84. The van der Waals surface area contributed by atoms with Crippen molar-refractivity contribution in [2.75, 3.05) is 26.3 Å². The largest absolute Gasteiger partial charge is 0.481 e. The normalized spacial score (nSPS) is 35.4. The number of likely N-dealkylation sites (tertiary alicyclic amines) is 1. The van der Waals surface area contributed by atoms with Gasteiger partial charge in [0.2, 0.25) is 0 Å². The van der Waals surface area contributed by atoms with E-state index in [4.69, 9.17) is 9.84 Å². The lowest BCUT2D eigenvalue weighted by molar-refractivity contribution is -0.141. The molecule has 0 spiro atoms. The lowest BCUT2D eigenvalue weighted by atomic mass is 10.1. The van der Waals surface area contributed by atoms with Gasteiger partial charge in [-0.25, -0.2) is 0 Å². The predicted molar refractivity (Wildman–Crippen MR) is 46.5 cm³/mol. The second kappa shape index (κ2) is 3.64. The van der Waals surface area contributed by atoms with Crippen LogP contribution in [0.25, 0.3) is 0 Å². The Morgan fingerprint density at radius 3 is 2.85 bits per heavy atom. The van der Waals surface area contributed by atoms with E-state index in [0.29, 0.717) is 12.6 Å². The fourth-order valence-electron chi connectivity index (χ4n) is 2.13. The van der Waals surface area contributed by atoms with Crippen molar-refractivity contribution in [2.45, 2.75) is 18.9 Å². The van der Waals surface area contributed by atoms with Crippen LogP contribution in [0.15, 0.2) is 0 Å². The van der Waals surface area contributed by atoms with Crippen LogP contribution in [0.3, 0.4) is 0 Å². The zero-order valence-electron chi connectivity index (χ0n) is 7.61. The molecule has 2 fully saturated rings. The zero-order chi connectivity index (χ0) is 9.26. The maximum atomic E-state index is 10.7. The molecule has 0 aromatic rings. The van der Waals surface area contributed by atoms with Crippen LogP contribution in [0.2, 0.25) is 0 Å². The average molecular weight is 185 g/mol. The van der Waals surface area contributed by atoms with Gasteiger partial charge in [0.1, 0.15) is 0 Å². The van der Waals surface area contributed by atoms with E-state index in [-0.39, 0.29) is 5.92 Å². The van der Waals surface area contributed by atoms with Gasteiger partial charge in [0.15, 0.2) is 0 Å². The second-order valence-electron chi connectivity index (χ2n) is 3.84. The number of hydrogen-bond donors (Lipinski definition) is 1.